The smallest absolute Gasteiger partial charge is 0.290 e. The minimum Gasteiger partial charge on any atom is -0.493 e. The standard InChI is InChI=1S/C25H28N2O5/c1-6-31-19-10-8-16(14-20(19)30-5)22-21-23(28)17-13-15(2)7-9-18(17)32-24(21)25(29)27(22)12-11-26(3)4/h7-10,13-14,22H,6,11-12H2,1-5H3. The molecule has 2 aromatic carbocycles. The first-order valence-electron chi connectivity index (χ1n) is 10.7. The van der Waals surface area contributed by atoms with Crippen molar-refractivity contribution in [2.45, 2.75) is 19.9 Å². The summed E-state index contributed by atoms with van der Waals surface area (Å²) in [5, 5.41) is 0.480. The molecule has 7 heteroatoms. The number of amides is 1. The molecule has 1 aliphatic rings. The predicted octanol–water partition coefficient (Wildman–Crippen LogP) is 3.62. The van der Waals surface area contributed by atoms with Gasteiger partial charge in [-0.3, -0.25) is 9.59 Å². The largest absolute Gasteiger partial charge is 0.493 e. The molecular weight excluding hydrogens is 408 g/mol. The van der Waals surface area contributed by atoms with Crippen molar-refractivity contribution < 1.29 is 18.7 Å². The van der Waals surface area contributed by atoms with Gasteiger partial charge in [0.1, 0.15) is 5.58 Å². The molecular formula is C25H28N2O5. The summed E-state index contributed by atoms with van der Waals surface area (Å²) in [6.45, 7) is 5.43. The van der Waals surface area contributed by atoms with Crippen LogP contribution in [0.3, 0.4) is 0 Å². The lowest BCUT2D eigenvalue weighted by Gasteiger charge is -2.27. The normalized spacial score (nSPS) is 15.5. The fourth-order valence-electron chi connectivity index (χ4n) is 4.15. The lowest BCUT2D eigenvalue weighted by atomic mass is 9.97. The number of hydrogen-bond acceptors (Lipinski definition) is 6. The second kappa shape index (κ2) is 8.67. The van der Waals surface area contributed by atoms with Crippen molar-refractivity contribution in [3.63, 3.8) is 0 Å². The van der Waals surface area contributed by atoms with Crippen molar-refractivity contribution in [2.24, 2.45) is 0 Å². The minimum absolute atomic E-state index is 0.114. The number of nitrogens with zero attached hydrogens (tertiary/aromatic N) is 2. The summed E-state index contributed by atoms with van der Waals surface area (Å²) < 4.78 is 17.2. The van der Waals surface area contributed by atoms with E-state index in [0.29, 0.717) is 47.7 Å². The Bertz CT molecular complexity index is 1230. The maximum absolute atomic E-state index is 13.6. The van der Waals surface area contributed by atoms with Crippen LogP contribution < -0.4 is 14.9 Å². The van der Waals surface area contributed by atoms with Crippen molar-refractivity contribution >= 4 is 16.9 Å². The van der Waals surface area contributed by atoms with Crippen LogP contribution in [0.1, 0.15) is 40.2 Å². The number of fused-ring (bicyclic) bond motifs is 2. The highest BCUT2D eigenvalue weighted by molar-refractivity contribution is 5.99. The molecule has 0 bridgehead atoms. The van der Waals surface area contributed by atoms with E-state index in [1.165, 1.54) is 0 Å². The quantitative estimate of drug-likeness (QED) is 0.563. The van der Waals surface area contributed by atoms with Gasteiger partial charge in [-0.1, -0.05) is 17.7 Å². The van der Waals surface area contributed by atoms with E-state index < -0.39 is 6.04 Å². The molecule has 1 aromatic heterocycles. The van der Waals surface area contributed by atoms with E-state index in [0.717, 1.165) is 11.1 Å². The van der Waals surface area contributed by atoms with Gasteiger partial charge < -0.3 is 23.7 Å². The molecule has 0 N–H and O–H groups in total. The Labute approximate surface area is 187 Å². The first-order valence-corrected chi connectivity index (χ1v) is 10.7. The van der Waals surface area contributed by atoms with E-state index in [2.05, 4.69) is 0 Å². The Morgan fingerprint density at radius 2 is 1.88 bits per heavy atom. The third kappa shape index (κ3) is 3.73. The summed E-state index contributed by atoms with van der Waals surface area (Å²) in [7, 11) is 5.47. The van der Waals surface area contributed by atoms with Crippen molar-refractivity contribution in [3.8, 4) is 11.5 Å². The highest BCUT2D eigenvalue weighted by Crippen LogP contribution is 2.40. The third-order valence-electron chi connectivity index (χ3n) is 5.71. The van der Waals surface area contributed by atoms with Crippen LogP contribution in [0.15, 0.2) is 45.6 Å². The topological polar surface area (TPSA) is 72.2 Å². The molecule has 1 amide bonds. The van der Waals surface area contributed by atoms with Crippen LogP contribution in [0, 0.1) is 6.92 Å². The van der Waals surface area contributed by atoms with E-state index >= 15 is 0 Å². The van der Waals surface area contributed by atoms with Gasteiger partial charge in [0, 0.05) is 13.1 Å². The lowest BCUT2D eigenvalue weighted by Crippen LogP contribution is -2.35. The van der Waals surface area contributed by atoms with E-state index in [1.807, 2.05) is 63.2 Å². The summed E-state index contributed by atoms with van der Waals surface area (Å²) in [6, 6.07) is 10.4. The molecule has 168 valence electrons. The summed E-state index contributed by atoms with van der Waals surface area (Å²) in [4.78, 5) is 30.7. The van der Waals surface area contributed by atoms with Gasteiger partial charge in [0.2, 0.25) is 5.76 Å². The molecule has 1 unspecified atom stereocenters. The maximum Gasteiger partial charge on any atom is 0.290 e. The van der Waals surface area contributed by atoms with E-state index in [9.17, 15) is 9.59 Å². The van der Waals surface area contributed by atoms with E-state index in [4.69, 9.17) is 13.9 Å². The van der Waals surface area contributed by atoms with Gasteiger partial charge in [0.05, 0.1) is 30.7 Å². The fourth-order valence-corrected chi connectivity index (χ4v) is 4.15. The number of benzene rings is 2. The Morgan fingerprint density at radius 3 is 2.56 bits per heavy atom. The van der Waals surface area contributed by atoms with Crippen LogP contribution in [-0.4, -0.2) is 56.6 Å². The average Bonchev–Trinajstić information content (AvgIpc) is 3.05. The number of methoxy groups -OCH3 is 1. The zero-order valence-electron chi connectivity index (χ0n) is 19.1. The minimum atomic E-state index is -0.566. The average molecular weight is 437 g/mol. The number of ether oxygens (including phenoxy) is 2. The Hall–Kier alpha value is -3.32. The molecule has 0 saturated carbocycles. The number of hydrogen-bond donors (Lipinski definition) is 0. The van der Waals surface area contributed by atoms with Gasteiger partial charge in [-0.15, -0.1) is 0 Å². The Balaban J connectivity index is 1.92. The zero-order chi connectivity index (χ0) is 23.0. The third-order valence-corrected chi connectivity index (χ3v) is 5.71. The van der Waals surface area contributed by atoms with Crippen LogP contribution in [0.25, 0.3) is 11.0 Å². The first kappa shape index (κ1) is 21.9. The molecule has 0 saturated heterocycles. The SMILES string of the molecule is CCOc1ccc(C2c3c(oc4ccc(C)cc4c3=O)C(=O)N2CCN(C)C)cc1OC. The predicted molar refractivity (Wildman–Crippen MR) is 123 cm³/mol. The van der Waals surface area contributed by atoms with Gasteiger partial charge in [0.15, 0.2) is 16.9 Å². The van der Waals surface area contributed by atoms with Crippen LogP contribution in [0.2, 0.25) is 0 Å². The van der Waals surface area contributed by atoms with Crippen molar-refractivity contribution in [3.05, 3.63) is 69.1 Å². The van der Waals surface area contributed by atoms with Gasteiger partial charge in [0.25, 0.3) is 5.91 Å². The monoisotopic (exact) mass is 436 g/mol. The molecule has 0 spiro atoms. The summed E-state index contributed by atoms with van der Waals surface area (Å²) in [5.41, 5.74) is 2.35. The highest BCUT2D eigenvalue weighted by atomic mass is 16.5. The number of carbonyl (C=O) groups excluding carboxylic acids is 1. The molecule has 1 atom stereocenters. The zero-order valence-corrected chi connectivity index (χ0v) is 19.1. The Morgan fingerprint density at radius 1 is 1.09 bits per heavy atom. The number of carbonyl (C=O) groups is 1. The highest BCUT2D eigenvalue weighted by Gasteiger charge is 2.42. The number of aryl methyl sites for hydroxylation is 1. The van der Waals surface area contributed by atoms with Crippen LogP contribution in [-0.2, 0) is 0 Å². The lowest BCUT2D eigenvalue weighted by molar-refractivity contribution is 0.0716. The van der Waals surface area contributed by atoms with Crippen molar-refractivity contribution in [2.75, 3.05) is 40.9 Å². The van der Waals surface area contributed by atoms with Crippen LogP contribution in [0.4, 0.5) is 0 Å². The number of likely N-dealkylation sites (N-methyl/N-ethyl adjacent to an activating group) is 1. The second-order valence-electron chi connectivity index (χ2n) is 8.22. The molecule has 2 heterocycles. The molecule has 32 heavy (non-hydrogen) atoms. The van der Waals surface area contributed by atoms with Crippen LogP contribution >= 0.6 is 0 Å². The van der Waals surface area contributed by atoms with E-state index in [-0.39, 0.29) is 17.1 Å². The van der Waals surface area contributed by atoms with Gasteiger partial charge >= 0.3 is 0 Å². The maximum atomic E-state index is 13.6. The molecule has 0 fully saturated rings. The summed E-state index contributed by atoms with van der Waals surface area (Å²) >= 11 is 0. The molecule has 4 rings (SSSR count). The fraction of sp³-hybridized carbons (Fsp3) is 0.360. The molecule has 0 aliphatic carbocycles. The van der Waals surface area contributed by atoms with Gasteiger partial charge in [-0.25, -0.2) is 0 Å². The van der Waals surface area contributed by atoms with Crippen LogP contribution in [0.5, 0.6) is 11.5 Å². The van der Waals surface area contributed by atoms with Crippen molar-refractivity contribution in [1.82, 2.24) is 9.80 Å². The van der Waals surface area contributed by atoms with Crippen molar-refractivity contribution in [1.29, 1.82) is 0 Å². The molecule has 7 nitrogen and oxygen atoms in total. The first-order chi connectivity index (χ1) is 15.3. The second-order valence-corrected chi connectivity index (χ2v) is 8.22. The molecule has 0 radical (unpaired) electrons. The van der Waals surface area contributed by atoms with Gasteiger partial charge in [-0.05, 0) is 57.8 Å². The number of rotatable bonds is 7. The summed E-state index contributed by atoms with van der Waals surface area (Å²) in [6.07, 6.45) is 0. The Kier molecular flexibility index (Phi) is 5.93. The van der Waals surface area contributed by atoms with E-state index in [1.54, 1.807) is 18.1 Å². The molecule has 3 aromatic rings. The van der Waals surface area contributed by atoms with Gasteiger partial charge in [-0.2, -0.15) is 0 Å². The summed E-state index contributed by atoms with van der Waals surface area (Å²) in [5.74, 6) is 1.00. The molecule has 1 aliphatic heterocycles.